The molecule has 1 atom stereocenters. The molecule has 0 amide bonds. The second-order valence-electron chi connectivity index (χ2n) is 3.50. The molecule has 2 N–H and O–H groups in total. The first kappa shape index (κ1) is 11.4. The average molecular weight is 241 g/mol. The topological polar surface area (TPSA) is 61.6 Å². The Balaban J connectivity index is 2.23. The molecule has 1 aliphatic rings. The van der Waals surface area contributed by atoms with Crippen molar-refractivity contribution in [2.45, 2.75) is 11.3 Å². The lowest BCUT2D eigenvalue weighted by Crippen LogP contribution is -2.10. The third kappa shape index (κ3) is 2.54. The Labute approximate surface area is 97.2 Å². The van der Waals surface area contributed by atoms with Crippen molar-refractivity contribution >= 4 is 10.8 Å². The van der Waals surface area contributed by atoms with Crippen LogP contribution in [0.25, 0.3) is 0 Å². The van der Waals surface area contributed by atoms with Crippen LogP contribution in [0.3, 0.4) is 0 Å². The third-order valence-corrected chi connectivity index (χ3v) is 3.67. The summed E-state index contributed by atoms with van der Waals surface area (Å²) in [7, 11) is -1.05. The average Bonchev–Trinajstić information content (AvgIpc) is 2.53. The Morgan fingerprint density at radius 2 is 2.00 bits per heavy atom. The van der Waals surface area contributed by atoms with Crippen molar-refractivity contribution in [2.75, 3.05) is 25.5 Å². The summed E-state index contributed by atoms with van der Waals surface area (Å²) in [6.45, 7) is 1.72. The standard InChI is InChI=1S/C11H15NO3S/c12-4-7-16(13)9-2-3-10-11(8-9)15-6-1-5-14-10/h2-3,8H,1,4-7,12H2. The fraction of sp³-hybridized carbons (Fsp3) is 0.455. The van der Waals surface area contributed by atoms with Crippen LogP contribution in [0.1, 0.15) is 6.42 Å². The van der Waals surface area contributed by atoms with Crippen LogP contribution < -0.4 is 15.2 Å². The van der Waals surface area contributed by atoms with Crippen molar-refractivity contribution in [3.63, 3.8) is 0 Å². The van der Waals surface area contributed by atoms with Crippen LogP contribution in [0.5, 0.6) is 11.5 Å². The van der Waals surface area contributed by atoms with E-state index in [-0.39, 0.29) is 0 Å². The van der Waals surface area contributed by atoms with E-state index in [2.05, 4.69) is 0 Å². The summed E-state index contributed by atoms with van der Waals surface area (Å²) in [6.07, 6.45) is 0.871. The lowest BCUT2D eigenvalue weighted by molar-refractivity contribution is 0.297. The number of fused-ring (bicyclic) bond motifs is 1. The van der Waals surface area contributed by atoms with Gasteiger partial charge in [-0.25, -0.2) is 0 Å². The van der Waals surface area contributed by atoms with Gasteiger partial charge >= 0.3 is 0 Å². The van der Waals surface area contributed by atoms with Crippen LogP contribution in [-0.2, 0) is 10.8 Å². The smallest absolute Gasteiger partial charge is 0.162 e. The van der Waals surface area contributed by atoms with E-state index in [9.17, 15) is 4.21 Å². The molecular weight excluding hydrogens is 226 g/mol. The molecular formula is C11H15NO3S. The molecule has 0 aliphatic carbocycles. The summed E-state index contributed by atoms with van der Waals surface area (Å²) in [6, 6.07) is 5.40. The van der Waals surface area contributed by atoms with Gasteiger partial charge in [-0.3, -0.25) is 4.21 Å². The summed E-state index contributed by atoms with van der Waals surface area (Å²) in [5.74, 6) is 1.88. The van der Waals surface area contributed by atoms with Crippen molar-refractivity contribution in [3.05, 3.63) is 18.2 Å². The van der Waals surface area contributed by atoms with Crippen LogP contribution in [0.2, 0.25) is 0 Å². The van der Waals surface area contributed by atoms with Crippen LogP contribution >= 0.6 is 0 Å². The summed E-state index contributed by atoms with van der Waals surface area (Å²) < 4.78 is 22.8. The van der Waals surface area contributed by atoms with E-state index >= 15 is 0 Å². The molecule has 1 aromatic carbocycles. The molecule has 0 radical (unpaired) electrons. The molecule has 0 saturated heterocycles. The maximum atomic E-state index is 11.8. The summed E-state index contributed by atoms with van der Waals surface area (Å²) in [5.41, 5.74) is 5.38. The maximum absolute atomic E-state index is 11.8. The molecule has 0 saturated carbocycles. The van der Waals surface area contributed by atoms with E-state index in [1.807, 2.05) is 6.07 Å². The SMILES string of the molecule is NCCS(=O)c1ccc2c(c1)OCCCO2. The zero-order valence-electron chi connectivity index (χ0n) is 8.98. The van der Waals surface area contributed by atoms with Crippen LogP contribution in [-0.4, -0.2) is 29.7 Å². The predicted octanol–water partition coefficient (Wildman–Crippen LogP) is 0.914. The summed E-state index contributed by atoms with van der Waals surface area (Å²) in [4.78, 5) is 0.745. The number of hydrogen-bond donors (Lipinski definition) is 1. The van der Waals surface area contributed by atoms with E-state index in [1.165, 1.54) is 0 Å². The quantitative estimate of drug-likeness (QED) is 0.854. The highest BCUT2D eigenvalue weighted by molar-refractivity contribution is 7.85. The molecule has 0 bridgehead atoms. The Morgan fingerprint density at radius 3 is 2.75 bits per heavy atom. The minimum absolute atomic E-state index is 0.418. The molecule has 4 nitrogen and oxygen atoms in total. The number of nitrogens with two attached hydrogens (primary N) is 1. The van der Waals surface area contributed by atoms with E-state index in [1.54, 1.807) is 12.1 Å². The lowest BCUT2D eigenvalue weighted by Gasteiger charge is -2.08. The monoisotopic (exact) mass is 241 g/mol. The van der Waals surface area contributed by atoms with E-state index in [0.29, 0.717) is 31.3 Å². The fourth-order valence-electron chi connectivity index (χ4n) is 1.51. The zero-order chi connectivity index (χ0) is 11.4. The first-order valence-electron chi connectivity index (χ1n) is 5.29. The van der Waals surface area contributed by atoms with Gasteiger partial charge in [0.2, 0.25) is 0 Å². The van der Waals surface area contributed by atoms with Gasteiger partial charge in [0, 0.05) is 29.7 Å². The number of rotatable bonds is 3. The summed E-state index contributed by atoms with van der Waals surface area (Å²) >= 11 is 0. The van der Waals surface area contributed by atoms with Gasteiger partial charge in [-0.1, -0.05) is 0 Å². The first-order valence-corrected chi connectivity index (χ1v) is 6.61. The molecule has 0 fully saturated rings. The molecule has 88 valence electrons. The van der Waals surface area contributed by atoms with Crippen LogP contribution in [0, 0.1) is 0 Å². The highest BCUT2D eigenvalue weighted by atomic mass is 32.2. The Bertz CT molecular complexity index is 395. The van der Waals surface area contributed by atoms with Crippen molar-refractivity contribution in [1.82, 2.24) is 0 Å². The zero-order valence-corrected chi connectivity index (χ0v) is 9.79. The maximum Gasteiger partial charge on any atom is 0.162 e. The predicted molar refractivity (Wildman–Crippen MR) is 62.4 cm³/mol. The number of benzene rings is 1. The molecule has 2 rings (SSSR count). The highest BCUT2D eigenvalue weighted by Gasteiger charge is 2.12. The van der Waals surface area contributed by atoms with Crippen molar-refractivity contribution in [3.8, 4) is 11.5 Å². The highest BCUT2D eigenvalue weighted by Crippen LogP contribution is 2.31. The van der Waals surface area contributed by atoms with Crippen molar-refractivity contribution in [1.29, 1.82) is 0 Å². The van der Waals surface area contributed by atoms with Gasteiger partial charge in [-0.2, -0.15) is 0 Å². The van der Waals surface area contributed by atoms with Crippen molar-refractivity contribution < 1.29 is 13.7 Å². The molecule has 1 heterocycles. The van der Waals surface area contributed by atoms with E-state index in [4.69, 9.17) is 15.2 Å². The van der Waals surface area contributed by atoms with Gasteiger partial charge in [0.25, 0.3) is 0 Å². The molecule has 5 heteroatoms. The lowest BCUT2D eigenvalue weighted by atomic mass is 10.3. The van der Waals surface area contributed by atoms with E-state index in [0.717, 1.165) is 17.1 Å². The van der Waals surface area contributed by atoms with Gasteiger partial charge in [0.1, 0.15) is 0 Å². The minimum Gasteiger partial charge on any atom is -0.490 e. The van der Waals surface area contributed by atoms with Crippen molar-refractivity contribution in [2.24, 2.45) is 5.73 Å². The molecule has 1 aromatic rings. The third-order valence-electron chi connectivity index (χ3n) is 2.29. The normalized spacial score (nSPS) is 16.6. The van der Waals surface area contributed by atoms with Gasteiger partial charge in [-0.15, -0.1) is 0 Å². The minimum atomic E-state index is -1.05. The van der Waals surface area contributed by atoms with Crippen LogP contribution in [0.4, 0.5) is 0 Å². The van der Waals surface area contributed by atoms with E-state index < -0.39 is 10.8 Å². The largest absolute Gasteiger partial charge is 0.490 e. The van der Waals surface area contributed by atoms with Crippen LogP contribution in [0.15, 0.2) is 23.1 Å². The second kappa shape index (κ2) is 5.32. The second-order valence-corrected chi connectivity index (χ2v) is 5.07. The Kier molecular flexibility index (Phi) is 3.79. The van der Waals surface area contributed by atoms with Gasteiger partial charge < -0.3 is 15.2 Å². The molecule has 1 aliphatic heterocycles. The summed E-state index contributed by atoms with van der Waals surface area (Å²) in [5, 5.41) is 0. The first-order chi connectivity index (χ1) is 7.81. The number of hydrogen-bond acceptors (Lipinski definition) is 4. The molecule has 0 spiro atoms. The number of ether oxygens (including phenoxy) is 2. The molecule has 1 unspecified atom stereocenters. The van der Waals surface area contributed by atoms with Gasteiger partial charge in [0.15, 0.2) is 11.5 Å². The van der Waals surface area contributed by atoms with Gasteiger partial charge in [0.05, 0.1) is 24.0 Å². The Hall–Kier alpha value is -1.07. The fourth-order valence-corrected chi connectivity index (χ4v) is 2.42. The van der Waals surface area contributed by atoms with Gasteiger partial charge in [-0.05, 0) is 12.1 Å². The molecule has 16 heavy (non-hydrogen) atoms. The Morgan fingerprint density at radius 1 is 1.25 bits per heavy atom. The molecule has 0 aromatic heterocycles.